The van der Waals surface area contributed by atoms with Gasteiger partial charge in [-0.3, -0.25) is 9.36 Å². The zero-order valence-corrected chi connectivity index (χ0v) is 11.6. The lowest BCUT2D eigenvalue weighted by molar-refractivity contribution is 0.0679. The van der Waals surface area contributed by atoms with E-state index in [0.717, 1.165) is 0 Å². The first-order valence-corrected chi connectivity index (χ1v) is 6.82. The van der Waals surface area contributed by atoms with Crippen molar-refractivity contribution in [3.8, 4) is 0 Å². The Bertz CT molecular complexity index is 750. The summed E-state index contributed by atoms with van der Waals surface area (Å²) in [7, 11) is 0. The van der Waals surface area contributed by atoms with Gasteiger partial charge >= 0.3 is 5.69 Å². The highest BCUT2D eigenvalue weighted by Crippen LogP contribution is 2.14. The molecule has 21 heavy (non-hydrogen) atoms. The van der Waals surface area contributed by atoms with Gasteiger partial charge in [0.1, 0.15) is 5.82 Å². The molecule has 0 saturated carbocycles. The maximum atomic E-state index is 13.7. The van der Waals surface area contributed by atoms with Gasteiger partial charge in [-0.2, -0.15) is 0 Å². The number of carbonyl (C=O) groups is 1. The highest BCUT2D eigenvalue weighted by atomic mass is 19.1. The molecule has 0 unspecified atom stereocenters. The van der Waals surface area contributed by atoms with E-state index in [1.54, 1.807) is 25.1 Å². The summed E-state index contributed by atoms with van der Waals surface area (Å²) in [5.41, 5.74) is 0.183. The lowest BCUT2D eigenvalue weighted by Gasteiger charge is -2.26. The first-order valence-electron chi connectivity index (χ1n) is 6.82. The number of hydrogen-bond acceptors (Lipinski definition) is 3. The van der Waals surface area contributed by atoms with E-state index >= 15 is 0 Å². The Hall–Kier alpha value is -2.44. The van der Waals surface area contributed by atoms with Gasteiger partial charge in [-0.1, -0.05) is 18.2 Å². The van der Waals surface area contributed by atoms with Crippen molar-refractivity contribution in [3.05, 3.63) is 52.0 Å². The van der Waals surface area contributed by atoms with Crippen LogP contribution in [0.4, 0.5) is 4.39 Å². The molecule has 0 atom stereocenters. The van der Waals surface area contributed by atoms with Crippen LogP contribution >= 0.6 is 0 Å². The summed E-state index contributed by atoms with van der Waals surface area (Å²) in [6.07, 6.45) is 0. The van der Waals surface area contributed by atoms with Crippen LogP contribution < -0.4 is 5.69 Å². The Morgan fingerprint density at radius 2 is 2.00 bits per heavy atom. The van der Waals surface area contributed by atoms with Crippen LogP contribution in [0.15, 0.2) is 29.1 Å². The first-order chi connectivity index (χ1) is 10.1. The number of aryl methyl sites for hydroxylation is 1. The SMILES string of the molecule is CCn1nc2n(c1=O)CCN(Cc1ccccc1F)C2=O. The summed E-state index contributed by atoms with van der Waals surface area (Å²) in [5, 5.41) is 4.05. The van der Waals surface area contributed by atoms with Gasteiger partial charge in [-0.15, -0.1) is 5.10 Å². The number of nitrogens with zero attached hydrogens (tertiary/aromatic N) is 4. The van der Waals surface area contributed by atoms with Gasteiger partial charge in [0.2, 0.25) is 5.82 Å². The second-order valence-corrected chi connectivity index (χ2v) is 4.89. The number of rotatable bonds is 3. The second kappa shape index (κ2) is 5.16. The van der Waals surface area contributed by atoms with E-state index < -0.39 is 0 Å². The number of fused-ring (bicyclic) bond motifs is 1. The zero-order chi connectivity index (χ0) is 15.0. The third-order valence-electron chi connectivity index (χ3n) is 3.61. The van der Waals surface area contributed by atoms with E-state index in [4.69, 9.17) is 0 Å². The van der Waals surface area contributed by atoms with Crippen LogP contribution in [0.25, 0.3) is 0 Å². The Balaban J connectivity index is 1.89. The molecule has 2 heterocycles. The molecule has 1 aliphatic rings. The lowest BCUT2D eigenvalue weighted by atomic mass is 10.2. The molecule has 2 aromatic rings. The van der Waals surface area contributed by atoms with Crippen molar-refractivity contribution in [2.24, 2.45) is 0 Å². The van der Waals surface area contributed by atoms with Crippen molar-refractivity contribution in [2.75, 3.05) is 6.54 Å². The van der Waals surface area contributed by atoms with Crippen molar-refractivity contribution in [1.29, 1.82) is 0 Å². The minimum Gasteiger partial charge on any atom is -0.330 e. The van der Waals surface area contributed by atoms with Gasteiger partial charge in [0.25, 0.3) is 5.91 Å². The molecule has 0 aliphatic carbocycles. The molecule has 0 spiro atoms. The molecule has 1 aromatic heterocycles. The fourth-order valence-electron chi connectivity index (χ4n) is 2.45. The predicted molar refractivity (Wildman–Crippen MR) is 73.3 cm³/mol. The first kappa shape index (κ1) is 13.5. The second-order valence-electron chi connectivity index (χ2n) is 4.89. The summed E-state index contributed by atoms with van der Waals surface area (Å²) in [6, 6.07) is 6.35. The summed E-state index contributed by atoms with van der Waals surface area (Å²) in [6.45, 7) is 3.14. The smallest absolute Gasteiger partial charge is 0.330 e. The van der Waals surface area contributed by atoms with Crippen molar-refractivity contribution in [3.63, 3.8) is 0 Å². The largest absolute Gasteiger partial charge is 0.346 e. The Morgan fingerprint density at radius 1 is 1.24 bits per heavy atom. The fraction of sp³-hybridized carbons (Fsp3) is 0.357. The summed E-state index contributed by atoms with van der Waals surface area (Å²) < 4.78 is 16.3. The van der Waals surface area contributed by atoms with Crippen LogP contribution in [-0.2, 0) is 19.6 Å². The molecule has 0 N–H and O–H groups in total. The Kier molecular flexibility index (Phi) is 3.32. The molecule has 1 aromatic carbocycles. The van der Waals surface area contributed by atoms with Gasteiger partial charge in [-0.25, -0.2) is 13.9 Å². The van der Waals surface area contributed by atoms with Gasteiger partial charge in [0.05, 0.1) is 0 Å². The minimum absolute atomic E-state index is 0.129. The monoisotopic (exact) mass is 290 g/mol. The molecule has 1 aliphatic heterocycles. The number of aromatic nitrogens is 3. The molecule has 3 rings (SSSR count). The lowest BCUT2D eigenvalue weighted by Crippen LogP contribution is -2.42. The topological polar surface area (TPSA) is 60.1 Å². The Morgan fingerprint density at radius 3 is 2.71 bits per heavy atom. The van der Waals surface area contributed by atoms with E-state index in [2.05, 4.69) is 5.10 Å². The normalized spacial score (nSPS) is 14.4. The number of benzene rings is 1. The van der Waals surface area contributed by atoms with Crippen LogP contribution in [0.2, 0.25) is 0 Å². The van der Waals surface area contributed by atoms with Gasteiger partial charge in [-0.05, 0) is 13.0 Å². The highest BCUT2D eigenvalue weighted by molar-refractivity contribution is 5.91. The molecule has 0 saturated heterocycles. The van der Waals surface area contributed by atoms with Crippen LogP contribution in [-0.4, -0.2) is 31.7 Å². The maximum Gasteiger partial charge on any atom is 0.346 e. The standard InChI is InChI=1S/C14H15FN4O2/c1-2-19-14(21)18-8-7-17(13(20)12(18)16-19)9-10-5-3-4-6-11(10)15/h3-6H,2,7-9H2,1H3. The molecule has 6 nitrogen and oxygen atoms in total. The number of amides is 1. The molecular formula is C14H15FN4O2. The third kappa shape index (κ3) is 2.24. The van der Waals surface area contributed by atoms with E-state index in [1.165, 1.54) is 20.2 Å². The average Bonchev–Trinajstić information content (AvgIpc) is 2.81. The van der Waals surface area contributed by atoms with Crippen molar-refractivity contribution < 1.29 is 9.18 Å². The van der Waals surface area contributed by atoms with Crippen LogP contribution in [0.1, 0.15) is 23.1 Å². The van der Waals surface area contributed by atoms with Gasteiger partial charge in [0.15, 0.2) is 0 Å². The van der Waals surface area contributed by atoms with E-state index in [1.807, 2.05) is 0 Å². The van der Waals surface area contributed by atoms with Gasteiger partial charge in [0, 0.05) is 31.7 Å². The Labute approximate surface area is 120 Å². The highest BCUT2D eigenvalue weighted by Gasteiger charge is 2.29. The predicted octanol–water partition coefficient (Wildman–Crippen LogP) is 0.860. The summed E-state index contributed by atoms with van der Waals surface area (Å²) in [4.78, 5) is 25.8. The molecule has 0 radical (unpaired) electrons. The summed E-state index contributed by atoms with van der Waals surface area (Å²) >= 11 is 0. The number of hydrogen-bond donors (Lipinski definition) is 0. The fourth-order valence-corrected chi connectivity index (χ4v) is 2.45. The van der Waals surface area contributed by atoms with Crippen molar-refractivity contribution in [2.45, 2.75) is 26.6 Å². The van der Waals surface area contributed by atoms with E-state index in [9.17, 15) is 14.0 Å². The van der Waals surface area contributed by atoms with E-state index in [0.29, 0.717) is 25.2 Å². The third-order valence-corrected chi connectivity index (χ3v) is 3.61. The minimum atomic E-state index is -0.340. The maximum absolute atomic E-state index is 13.7. The van der Waals surface area contributed by atoms with Crippen LogP contribution in [0.5, 0.6) is 0 Å². The quantitative estimate of drug-likeness (QED) is 0.842. The number of carbonyl (C=O) groups excluding carboxylic acids is 1. The average molecular weight is 290 g/mol. The van der Waals surface area contributed by atoms with Gasteiger partial charge < -0.3 is 4.90 Å². The van der Waals surface area contributed by atoms with Crippen molar-refractivity contribution in [1.82, 2.24) is 19.2 Å². The molecule has 0 bridgehead atoms. The molecule has 1 amide bonds. The van der Waals surface area contributed by atoms with Crippen LogP contribution in [0.3, 0.4) is 0 Å². The molecule has 0 fully saturated rings. The van der Waals surface area contributed by atoms with E-state index in [-0.39, 0.29) is 29.8 Å². The molecular weight excluding hydrogens is 275 g/mol. The van der Waals surface area contributed by atoms with Crippen molar-refractivity contribution >= 4 is 5.91 Å². The molecule has 7 heteroatoms. The number of halogens is 1. The zero-order valence-electron chi connectivity index (χ0n) is 11.6. The summed E-state index contributed by atoms with van der Waals surface area (Å²) in [5.74, 6) is -0.550. The molecule has 110 valence electrons. The van der Waals surface area contributed by atoms with Crippen LogP contribution in [0, 0.1) is 5.82 Å².